The number of rotatable bonds is 3. The van der Waals surface area contributed by atoms with Crippen molar-refractivity contribution in [1.82, 2.24) is 4.98 Å². The van der Waals surface area contributed by atoms with E-state index < -0.39 is 0 Å². The van der Waals surface area contributed by atoms with Gasteiger partial charge in [-0.3, -0.25) is 0 Å². The number of hydrogen-bond donors (Lipinski definition) is 1. The van der Waals surface area contributed by atoms with Gasteiger partial charge in [0.05, 0.1) is 5.69 Å². The quantitative estimate of drug-likeness (QED) is 0.926. The highest BCUT2D eigenvalue weighted by Crippen LogP contribution is 2.44. The Morgan fingerprint density at radius 1 is 1.44 bits per heavy atom. The molecule has 0 saturated heterocycles. The third kappa shape index (κ3) is 2.16. The van der Waals surface area contributed by atoms with Crippen molar-refractivity contribution in [2.75, 3.05) is 0 Å². The third-order valence-electron chi connectivity index (χ3n) is 3.04. The number of halogens is 2. The molecule has 0 spiro atoms. The van der Waals surface area contributed by atoms with E-state index in [4.69, 9.17) is 17.3 Å². The predicted molar refractivity (Wildman–Crippen MR) is 72.4 cm³/mol. The number of aromatic nitrogens is 1. The zero-order valence-electron chi connectivity index (χ0n) is 9.62. The van der Waals surface area contributed by atoms with Crippen molar-refractivity contribution in [3.05, 3.63) is 39.6 Å². The molecule has 1 saturated carbocycles. The first kappa shape index (κ1) is 12.1. The number of nitrogens with two attached hydrogens (primary N) is 1. The Morgan fingerprint density at radius 3 is 2.83 bits per heavy atom. The van der Waals surface area contributed by atoms with Crippen LogP contribution in [0, 0.1) is 5.82 Å². The highest BCUT2D eigenvalue weighted by molar-refractivity contribution is 7.15. The van der Waals surface area contributed by atoms with Crippen LogP contribution < -0.4 is 5.73 Å². The minimum atomic E-state index is -0.331. The Hall–Kier alpha value is -0.970. The summed E-state index contributed by atoms with van der Waals surface area (Å²) < 4.78 is 13.8. The molecule has 18 heavy (non-hydrogen) atoms. The van der Waals surface area contributed by atoms with Crippen molar-refractivity contribution >= 4 is 22.9 Å². The van der Waals surface area contributed by atoms with E-state index in [9.17, 15) is 4.39 Å². The monoisotopic (exact) mass is 282 g/mol. The average Bonchev–Trinajstić information content (AvgIpc) is 3.10. The largest absolute Gasteiger partial charge is 0.326 e. The molecule has 1 heterocycles. The molecule has 5 heteroatoms. The second-order valence-electron chi connectivity index (χ2n) is 4.43. The smallest absolute Gasteiger partial charge is 0.134 e. The normalized spacial score (nSPS) is 15.1. The Balaban J connectivity index is 2.05. The lowest BCUT2D eigenvalue weighted by atomic mass is 10.2. The van der Waals surface area contributed by atoms with Gasteiger partial charge in [0.15, 0.2) is 0 Å². The molecule has 0 atom stereocenters. The molecule has 1 aromatic carbocycles. The maximum absolute atomic E-state index is 13.8. The molecule has 2 nitrogen and oxygen atoms in total. The maximum atomic E-state index is 13.8. The Bertz CT molecular complexity index is 593. The van der Waals surface area contributed by atoms with E-state index in [0.29, 0.717) is 28.1 Å². The van der Waals surface area contributed by atoms with Crippen LogP contribution >= 0.6 is 22.9 Å². The van der Waals surface area contributed by atoms with E-state index in [1.54, 1.807) is 12.1 Å². The summed E-state index contributed by atoms with van der Waals surface area (Å²) in [7, 11) is 0. The Labute approximate surface area is 114 Å². The molecule has 0 unspecified atom stereocenters. The van der Waals surface area contributed by atoms with Gasteiger partial charge in [-0.05, 0) is 31.0 Å². The lowest BCUT2D eigenvalue weighted by Gasteiger charge is -1.98. The van der Waals surface area contributed by atoms with E-state index in [-0.39, 0.29) is 5.82 Å². The molecule has 1 fully saturated rings. The first-order chi connectivity index (χ1) is 8.69. The predicted octanol–water partition coefficient (Wildman–Crippen LogP) is 3.94. The lowest BCUT2D eigenvalue weighted by Crippen LogP contribution is -1.96. The van der Waals surface area contributed by atoms with Gasteiger partial charge >= 0.3 is 0 Å². The van der Waals surface area contributed by atoms with Crippen molar-refractivity contribution < 1.29 is 4.39 Å². The molecule has 2 N–H and O–H groups in total. The average molecular weight is 283 g/mol. The fraction of sp³-hybridized carbons (Fsp3) is 0.308. The van der Waals surface area contributed by atoms with Crippen molar-refractivity contribution in [2.24, 2.45) is 5.73 Å². The van der Waals surface area contributed by atoms with Gasteiger partial charge in [-0.1, -0.05) is 11.6 Å². The fourth-order valence-corrected chi connectivity index (χ4v) is 3.18. The van der Waals surface area contributed by atoms with Gasteiger partial charge in [-0.2, -0.15) is 0 Å². The third-order valence-corrected chi connectivity index (χ3v) is 4.40. The lowest BCUT2D eigenvalue weighted by molar-refractivity contribution is 0.631. The molecule has 1 aliphatic carbocycles. The summed E-state index contributed by atoms with van der Waals surface area (Å²) in [5.41, 5.74) is 7.29. The molecule has 3 rings (SSSR count). The number of hydrogen-bond acceptors (Lipinski definition) is 3. The van der Waals surface area contributed by atoms with Crippen LogP contribution in [0.25, 0.3) is 10.6 Å². The summed E-state index contributed by atoms with van der Waals surface area (Å²) in [5.74, 6) is 0.200. The molecular weight excluding hydrogens is 271 g/mol. The van der Waals surface area contributed by atoms with Crippen LogP contribution in [-0.4, -0.2) is 4.98 Å². The van der Waals surface area contributed by atoms with Crippen molar-refractivity contribution in [3.63, 3.8) is 0 Å². The second kappa shape index (κ2) is 4.61. The summed E-state index contributed by atoms with van der Waals surface area (Å²) in [6, 6.07) is 4.67. The van der Waals surface area contributed by atoms with Gasteiger partial charge in [0.2, 0.25) is 0 Å². The molecule has 0 aliphatic heterocycles. The number of thiazole rings is 1. The van der Waals surface area contributed by atoms with Gasteiger partial charge in [0.25, 0.3) is 0 Å². The van der Waals surface area contributed by atoms with Gasteiger partial charge in [-0.15, -0.1) is 11.3 Å². The first-order valence-electron chi connectivity index (χ1n) is 5.84. The van der Waals surface area contributed by atoms with E-state index >= 15 is 0 Å². The minimum Gasteiger partial charge on any atom is -0.326 e. The van der Waals surface area contributed by atoms with Crippen molar-refractivity contribution in [3.8, 4) is 10.6 Å². The van der Waals surface area contributed by atoms with Crippen LogP contribution in [0.15, 0.2) is 18.2 Å². The fourth-order valence-electron chi connectivity index (χ4n) is 1.96. The minimum absolute atomic E-state index is 0.331. The van der Waals surface area contributed by atoms with Gasteiger partial charge in [0.1, 0.15) is 10.8 Å². The highest BCUT2D eigenvalue weighted by Gasteiger charge is 2.29. The van der Waals surface area contributed by atoms with Crippen LogP contribution in [0.1, 0.15) is 29.3 Å². The van der Waals surface area contributed by atoms with Crippen LogP contribution in [0.5, 0.6) is 0 Å². The molecule has 1 aromatic heterocycles. The molecule has 2 aromatic rings. The summed E-state index contributed by atoms with van der Waals surface area (Å²) in [6.07, 6.45) is 2.33. The van der Waals surface area contributed by atoms with Crippen molar-refractivity contribution in [1.29, 1.82) is 0 Å². The summed E-state index contributed by atoms with van der Waals surface area (Å²) in [4.78, 5) is 5.63. The van der Waals surface area contributed by atoms with E-state index in [0.717, 1.165) is 10.6 Å². The van der Waals surface area contributed by atoms with E-state index in [1.807, 2.05) is 0 Å². The first-order valence-corrected chi connectivity index (χ1v) is 7.03. The topological polar surface area (TPSA) is 38.9 Å². The SMILES string of the molecule is NCc1sc(-c2ccc(Cl)cc2F)nc1C1CC1. The zero-order valence-corrected chi connectivity index (χ0v) is 11.2. The maximum Gasteiger partial charge on any atom is 0.134 e. The number of benzene rings is 1. The molecule has 0 bridgehead atoms. The Morgan fingerprint density at radius 2 is 2.22 bits per heavy atom. The zero-order chi connectivity index (χ0) is 12.7. The number of nitrogens with zero attached hydrogens (tertiary/aromatic N) is 1. The van der Waals surface area contributed by atoms with Gasteiger partial charge in [0, 0.05) is 27.9 Å². The van der Waals surface area contributed by atoms with Gasteiger partial charge in [-0.25, -0.2) is 9.37 Å². The molecule has 0 amide bonds. The standard InChI is InChI=1S/C13H12ClFN2S/c14-8-3-4-9(10(15)5-8)13-17-12(7-1-2-7)11(6-16)18-13/h3-5,7H,1-2,6,16H2. The highest BCUT2D eigenvalue weighted by atomic mass is 35.5. The molecule has 0 radical (unpaired) electrons. The van der Waals surface area contributed by atoms with Crippen LogP contribution in [-0.2, 0) is 6.54 Å². The second-order valence-corrected chi connectivity index (χ2v) is 5.95. The van der Waals surface area contributed by atoms with Crippen LogP contribution in [0.4, 0.5) is 4.39 Å². The Kier molecular flexibility index (Phi) is 3.09. The molecule has 94 valence electrons. The van der Waals surface area contributed by atoms with Crippen molar-refractivity contribution in [2.45, 2.75) is 25.3 Å². The molecular formula is C13H12ClFN2S. The van der Waals surface area contributed by atoms with Gasteiger partial charge < -0.3 is 5.73 Å². The van der Waals surface area contributed by atoms with E-state index in [1.165, 1.54) is 30.2 Å². The van der Waals surface area contributed by atoms with Crippen LogP contribution in [0.3, 0.4) is 0 Å². The van der Waals surface area contributed by atoms with E-state index in [2.05, 4.69) is 4.98 Å². The summed E-state index contributed by atoms with van der Waals surface area (Å²) in [5, 5.41) is 1.10. The van der Waals surface area contributed by atoms with Crippen LogP contribution in [0.2, 0.25) is 5.02 Å². The molecule has 1 aliphatic rings. The summed E-state index contributed by atoms with van der Waals surface area (Å²) >= 11 is 7.23. The summed E-state index contributed by atoms with van der Waals surface area (Å²) in [6.45, 7) is 0.471.